The first-order valence-electron chi connectivity index (χ1n) is 4.23. The van der Waals surface area contributed by atoms with E-state index in [1.165, 1.54) is 11.8 Å². The van der Waals surface area contributed by atoms with Crippen LogP contribution in [0.5, 0.6) is 0 Å². The maximum atomic E-state index is 11.2. The predicted octanol–water partition coefficient (Wildman–Crippen LogP) is 0.511. The van der Waals surface area contributed by atoms with Crippen LogP contribution in [0, 0.1) is 0 Å². The Balaban J connectivity index is 3.92. The summed E-state index contributed by atoms with van der Waals surface area (Å²) in [5.41, 5.74) is 0. The van der Waals surface area contributed by atoms with Gasteiger partial charge in [-0.1, -0.05) is 6.92 Å². The Morgan fingerprint density at radius 2 is 2.08 bits per heavy atom. The van der Waals surface area contributed by atoms with Gasteiger partial charge in [-0.15, -0.1) is 0 Å². The van der Waals surface area contributed by atoms with E-state index in [9.17, 15) is 9.59 Å². The number of aliphatic carboxylic acids is 1. The number of carboxylic acid groups (broad SMARTS) is 1. The van der Waals surface area contributed by atoms with Crippen molar-refractivity contribution in [2.45, 2.75) is 26.3 Å². The van der Waals surface area contributed by atoms with Crippen molar-refractivity contribution in [2.24, 2.45) is 0 Å². The van der Waals surface area contributed by atoms with E-state index in [1.807, 2.05) is 6.92 Å². The van der Waals surface area contributed by atoms with Gasteiger partial charge in [-0.2, -0.15) is 0 Å². The van der Waals surface area contributed by atoms with Crippen molar-refractivity contribution in [3.05, 3.63) is 0 Å². The molecule has 0 saturated carbocycles. The highest BCUT2D eigenvalue weighted by Crippen LogP contribution is 1.89. The van der Waals surface area contributed by atoms with E-state index < -0.39 is 12.0 Å². The van der Waals surface area contributed by atoms with Crippen molar-refractivity contribution in [1.29, 1.82) is 0 Å². The van der Waals surface area contributed by atoms with Gasteiger partial charge in [-0.3, -0.25) is 4.79 Å². The van der Waals surface area contributed by atoms with Gasteiger partial charge < -0.3 is 15.3 Å². The van der Waals surface area contributed by atoms with Crippen LogP contribution in [0.1, 0.15) is 20.3 Å². The van der Waals surface area contributed by atoms with Gasteiger partial charge in [0, 0.05) is 13.6 Å². The maximum Gasteiger partial charge on any atom is 0.325 e. The molecule has 0 radical (unpaired) electrons. The number of carbonyl (C=O) groups excluding carboxylic acids is 1. The minimum absolute atomic E-state index is 0.350. The van der Waals surface area contributed by atoms with Gasteiger partial charge in [0.05, 0.1) is 0 Å². The third kappa shape index (κ3) is 4.35. The lowest BCUT2D eigenvalue weighted by Gasteiger charge is -2.18. The van der Waals surface area contributed by atoms with Crippen molar-refractivity contribution < 1.29 is 14.7 Å². The van der Waals surface area contributed by atoms with E-state index in [-0.39, 0.29) is 6.03 Å². The molecule has 5 nitrogen and oxygen atoms in total. The largest absolute Gasteiger partial charge is 0.480 e. The number of nitrogens with zero attached hydrogens (tertiary/aromatic N) is 1. The Bertz CT molecular complexity index is 194. The fourth-order valence-corrected chi connectivity index (χ4v) is 0.794. The van der Waals surface area contributed by atoms with Gasteiger partial charge in [0.15, 0.2) is 0 Å². The SMILES string of the molecule is CCCN(C)C(=O)NC(C)C(=O)O. The molecule has 76 valence electrons. The first-order valence-corrected chi connectivity index (χ1v) is 4.23. The molecule has 0 aromatic rings. The molecule has 0 heterocycles. The van der Waals surface area contributed by atoms with Crippen LogP contribution in [-0.2, 0) is 4.79 Å². The minimum Gasteiger partial charge on any atom is -0.480 e. The van der Waals surface area contributed by atoms with Crippen molar-refractivity contribution in [3.63, 3.8) is 0 Å². The first kappa shape index (κ1) is 11.7. The van der Waals surface area contributed by atoms with Crippen LogP contribution < -0.4 is 5.32 Å². The number of urea groups is 1. The highest BCUT2D eigenvalue weighted by atomic mass is 16.4. The van der Waals surface area contributed by atoms with E-state index >= 15 is 0 Å². The lowest BCUT2D eigenvalue weighted by Crippen LogP contribution is -2.45. The van der Waals surface area contributed by atoms with Gasteiger partial charge >= 0.3 is 12.0 Å². The highest BCUT2D eigenvalue weighted by Gasteiger charge is 2.15. The smallest absolute Gasteiger partial charge is 0.325 e. The average molecular weight is 188 g/mol. The summed E-state index contributed by atoms with van der Waals surface area (Å²) in [6, 6.07) is -1.19. The minimum atomic E-state index is -1.03. The Morgan fingerprint density at radius 1 is 1.54 bits per heavy atom. The van der Waals surface area contributed by atoms with Crippen molar-refractivity contribution in [1.82, 2.24) is 10.2 Å². The summed E-state index contributed by atoms with van der Waals surface area (Å²) in [5, 5.41) is 10.9. The van der Waals surface area contributed by atoms with Crippen LogP contribution in [0.3, 0.4) is 0 Å². The molecule has 0 saturated heterocycles. The molecule has 2 amide bonds. The Labute approximate surface area is 77.7 Å². The van der Waals surface area contributed by atoms with Crippen LogP contribution >= 0.6 is 0 Å². The molecular formula is C8H16N2O3. The second-order valence-electron chi connectivity index (χ2n) is 2.93. The molecule has 13 heavy (non-hydrogen) atoms. The standard InChI is InChI=1S/C8H16N2O3/c1-4-5-10(3)8(13)9-6(2)7(11)12/h6H,4-5H2,1-3H3,(H,9,13)(H,11,12). The molecule has 0 rings (SSSR count). The van der Waals surface area contributed by atoms with Gasteiger partial charge in [0.25, 0.3) is 0 Å². The summed E-state index contributed by atoms with van der Waals surface area (Å²) in [6.07, 6.45) is 0.853. The Morgan fingerprint density at radius 3 is 2.46 bits per heavy atom. The fourth-order valence-electron chi connectivity index (χ4n) is 0.794. The van der Waals surface area contributed by atoms with Crippen LogP contribution in [-0.4, -0.2) is 41.6 Å². The Kier molecular flexibility index (Phi) is 4.87. The topological polar surface area (TPSA) is 69.6 Å². The molecule has 0 aromatic heterocycles. The summed E-state index contributed by atoms with van der Waals surface area (Å²) < 4.78 is 0. The van der Waals surface area contributed by atoms with E-state index in [0.29, 0.717) is 6.54 Å². The third-order valence-electron chi connectivity index (χ3n) is 1.62. The summed E-state index contributed by atoms with van der Waals surface area (Å²) in [5.74, 6) is -1.03. The van der Waals surface area contributed by atoms with Crippen molar-refractivity contribution in [2.75, 3.05) is 13.6 Å². The number of hydrogen-bond donors (Lipinski definition) is 2. The van der Waals surface area contributed by atoms with E-state index in [2.05, 4.69) is 5.32 Å². The molecular weight excluding hydrogens is 172 g/mol. The van der Waals surface area contributed by atoms with Gasteiger partial charge in [0.1, 0.15) is 6.04 Å². The van der Waals surface area contributed by atoms with Crippen molar-refractivity contribution >= 4 is 12.0 Å². The van der Waals surface area contributed by atoms with Crippen LogP contribution in [0.4, 0.5) is 4.79 Å². The molecule has 0 fully saturated rings. The third-order valence-corrected chi connectivity index (χ3v) is 1.62. The molecule has 0 aromatic carbocycles. The normalized spacial score (nSPS) is 11.9. The second-order valence-corrected chi connectivity index (χ2v) is 2.93. The maximum absolute atomic E-state index is 11.2. The molecule has 0 spiro atoms. The summed E-state index contributed by atoms with van der Waals surface area (Å²) in [4.78, 5) is 23.0. The highest BCUT2D eigenvalue weighted by molar-refractivity contribution is 5.82. The number of rotatable bonds is 4. The quantitative estimate of drug-likeness (QED) is 0.675. The zero-order valence-electron chi connectivity index (χ0n) is 8.20. The number of amides is 2. The summed E-state index contributed by atoms with van der Waals surface area (Å²) in [7, 11) is 1.63. The van der Waals surface area contributed by atoms with Crippen LogP contribution in [0.2, 0.25) is 0 Å². The fraction of sp³-hybridized carbons (Fsp3) is 0.750. The van der Waals surface area contributed by atoms with E-state index in [4.69, 9.17) is 5.11 Å². The van der Waals surface area contributed by atoms with Gasteiger partial charge in [0.2, 0.25) is 0 Å². The first-order chi connectivity index (χ1) is 5.99. The van der Waals surface area contributed by atoms with E-state index in [0.717, 1.165) is 6.42 Å². The molecule has 0 aliphatic rings. The molecule has 0 bridgehead atoms. The lowest BCUT2D eigenvalue weighted by molar-refractivity contribution is -0.138. The zero-order valence-corrected chi connectivity index (χ0v) is 8.20. The molecule has 2 N–H and O–H groups in total. The average Bonchev–Trinajstić information content (AvgIpc) is 2.04. The summed E-state index contributed by atoms with van der Waals surface area (Å²) >= 11 is 0. The molecule has 1 atom stereocenters. The van der Waals surface area contributed by atoms with E-state index in [1.54, 1.807) is 7.05 Å². The predicted molar refractivity (Wildman–Crippen MR) is 48.6 cm³/mol. The monoisotopic (exact) mass is 188 g/mol. The second kappa shape index (κ2) is 5.40. The number of nitrogens with one attached hydrogen (secondary N) is 1. The molecule has 0 aliphatic heterocycles. The Hall–Kier alpha value is -1.26. The number of carbonyl (C=O) groups is 2. The lowest BCUT2D eigenvalue weighted by atomic mass is 10.3. The zero-order chi connectivity index (χ0) is 10.4. The van der Waals surface area contributed by atoms with Crippen LogP contribution in [0.25, 0.3) is 0 Å². The van der Waals surface area contributed by atoms with Crippen LogP contribution in [0.15, 0.2) is 0 Å². The molecule has 1 unspecified atom stereocenters. The summed E-state index contributed by atoms with van der Waals surface area (Å²) in [6.45, 7) is 4.00. The number of carboxylic acids is 1. The number of hydrogen-bond acceptors (Lipinski definition) is 2. The molecule has 5 heteroatoms. The molecule has 0 aliphatic carbocycles. The van der Waals surface area contributed by atoms with Gasteiger partial charge in [-0.25, -0.2) is 4.79 Å². The van der Waals surface area contributed by atoms with Gasteiger partial charge in [-0.05, 0) is 13.3 Å². The van der Waals surface area contributed by atoms with Crippen molar-refractivity contribution in [3.8, 4) is 0 Å².